The maximum absolute atomic E-state index is 3.78. The quantitative estimate of drug-likeness (QED) is 0.127. The zero-order chi connectivity index (χ0) is 42.3. The van der Waals surface area contributed by atoms with E-state index >= 15 is 0 Å². The van der Waals surface area contributed by atoms with Crippen molar-refractivity contribution in [3.05, 3.63) is 262 Å². The molecule has 0 fully saturated rings. The van der Waals surface area contributed by atoms with Crippen LogP contribution in [0.15, 0.2) is 217 Å². The highest BCUT2D eigenvalue weighted by Gasteiger charge is 2.51. The van der Waals surface area contributed by atoms with Gasteiger partial charge in [-0.05, 0) is 152 Å². The van der Waals surface area contributed by atoms with Crippen LogP contribution in [0, 0.1) is 11.8 Å². The zero-order valence-electron chi connectivity index (χ0n) is 36.5. The van der Waals surface area contributed by atoms with Gasteiger partial charge in [0.2, 0.25) is 0 Å². The van der Waals surface area contributed by atoms with E-state index in [-0.39, 0.29) is 5.92 Å². The highest BCUT2D eigenvalue weighted by Crippen LogP contribution is 2.61. The molecular weight excluding hydrogens is 757 g/mol. The Morgan fingerprint density at radius 1 is 0.556 bits per heavy atom. The molecular formula is C63H54. The van der Waals surface area contributed by atoms with Crippen molar-refractivity contribution < 1.29 is 0 Å². The Balaban J connectivity index is 1.12. The Bertz CT molecular complexity index is 3070. The third-order valence-corrected chi connectivity index (χ3v) is 14.9. The van der Waals surface area contributed by atoms with Crippen molar-refractivity contribution in [3.8, 4) is 11.1 Å². The average Bonchev–Trinajstić information content (AvgIpc) is 4.11. The van der Waals surface area contributed by atoms with Crippen LogP contribution < -0.4 is 0 Å². The average molecular weight is 811 g/mol. The lowest BCUT2D eigenvalue weighted by molar-refractivity contribution is 0.365. The number of benzene rings is 7. The molecule has 4 unspecified atom stereocenters. The maximum Gasteiger partial charge on any atom is 0.0491 e. The van der Waals surface area contributed by atoms with E-state index in [2.05, 4.69) is 220 Å². The number of hydrogen-bond acceptors (Lipinski definition) is 0. The third-order valence-electron chi connectivity index (χ3n) is 14.9. The normalized spacial score (nSPS) is 19.7. The van der Waals surface area contributed by atoms with E-state index in [1.807, 2.05) is 0 Å². The molecule has 0 nitrogen and oxygen atoms in total. The summed E-state index contributed by atoms with van der Waals surface area (Å²) in [5.41, 5.74) is 23.9. The van der Waals surface area contributed by atoms with Crippen molar-refractivity contribution in [3.63, 3.8) is 0 Å². The topological polar surface area (TPSA) is 0 Å². The van der Waals surface area contributed by atoms with Crippen LogP contribution in [0.3, 0.4) is 0 Å². The van der Waals surface area contributed by atoms with Gasteiger partial charge in [-0.25, -0.2) is 0 Å². The summed E-state index contributed by atoms with van der Waals surface area (Å²) in [7, 11) is 0. The molecule has 0 bridgehead atoms. The zero-order valence-corrected chi connectivity index (χ0v) is 36.5. The van der Waals surface area contributed by atoms with Crippen LogP contribution in [0.1, 0.15) is 90.0 Å². The van der Waals surface area contributed by atoms with Gasteiger partial charge in [-0.15, -0.1) is 5.73 Å². The van der Waals surface area contributed by atoms with Crippen LogP contribution in [0.25, 0.3) is 38.6 Å². The molecule has 4 aliphatic rings. The van der Waals surface area contributed by atoms with Gasteiger partial charge in [-0.1, -0.05) is 201 Å². The second-order valence-electron chi connectivity index (χ2n) is 18.1. The minimum absolute atomic E-state index is 0.190. The summed E-state index contributed by atoms with van der Waals surface area (Å²) in [5.74, 6) is 1.02. The molecule has 4 atom stereocenters. The van der Waals surface area contributed by atoms with E-state index in [0.29, 0.717) is 11.8 Å². The predicted molar refractivity (Wildman–Crippen MR) is 266 cm³/mol. The first-order valence-electron chi connectivity index (χ1n) is 23.3. The standard InChI is InChI=1S/C63H54/c1-3-55(50-32-31-46(38-50)43-18-7-5-8-19-43)62-37-36-61(63(62,54-25-9-6-10-26-54)60(4-2)52-34-30-44-20-11-12-21-45(44)39-52)53-35-33-51-41-48-23-14-16-28-57(48)56-27-15-13-22-47(56)40-49-24-17-29-58(49)59(51)42-53/h5-28,30,33-39,42,50,55,60H,3-4,31-32,40-41H2,1-2H3. The fourth-order valence-electron chi connectivity index (χ4n) is 12.1. The van der Waals surface area contributed by atoms with Crippen LogP contribution in [-0.2, 0) is 18.3 Å². The van der Waals surface area contributed by atoms with E-state index in [0.717, 1.165) is 32.1 Å². The van der Waals surface area contributed by atoms with E-state index in [1.54, 1.807) is 5.57 Å². The van der Waals surface area contributed by atoms with Gasteiger partial charge in [0.15, 0.2) is 0 Å². The summed E-state index contributed by atoms with van der Waals surface area (Å²) < 4.78 is 0. The van der Waals surface area contributed by atoms with E-state index < -0.39 is 5.41 Å². The molecule has 0 amide bonds. The Labute approximate surface area is 374 Å². The Kier molecular flexibility index (Phi) is 10.3. The Morgan fingerprint density at radius 3 is 2.00 bits per heavy atom. The first kappa shape index (κ1) is 39.1. The van der Waals surface area contributed by atoms with Gasteiger partial charge in [0.25, 0.3) is 0 Å². The monoisotopic (exact) mass is 810 g/mol. The van der Waals surface area contributed by atoms with Gasteiger partial charge < -0.3 is 0 Å². The van der Waals surface area contributed by atoms with Gasteiger partial charge in [0, 0.05) is 16.9 Å². The molecule has 63 heavy (non-hydrogen) atoms. The first-order valence-corrected chi connectivity index (χ1v) is 23.3. The first-order chi connectivity index (χ1) is 31.1. The molecule has 306 valence electrons. The van der Waals surface area contributed by atoms with Crippen molar-refractivity contribution in [1.82, 2.24) is 0 Å². The smallest absolute Gasteiger partial charge is 0.0491 e. The van der Waals surface area contributed by atoms with Crippen molar-refractivity contribution in [2.24, 2.45) is 11.8 Å². The summed E-state index contributed by atoms with van der Waals surface area (Å²) in [6, 6.07) is 64.4. The molecule has 11 rings (SSSR count). The van der Waals surface area contributed by atoms with Gasteiger partial charge in [0.05, 0.1) is 0 Å². The summed E-state index contributed by atoms with van der Waals surface area (Å²) in [4.78, 5) is 0. The fraction of sp³-hybridized carbons (Fsp3) is 0.190. The van der Waals surface area contributed by atoms with Crippen molar-refractivity contribution >= 4 is 27.5 Å². The molecule has 7 aromatic carbocycles. The highest BCUT2D eigenvalue weighted by molar-refractivity contribution is 5.91. The molecule has 7 aromatic rings. The van der Waals surface area contributed by atoms with Gasteiger partial charge in [-0.3, -0.25) is 0 Å². The number of rotatable bonds is 9. The van der Waals surface area contributed by atoms with E-state index in [9.17, 15) is 0 Å². The fourth-order valence-corrected chi connectivity index (χ4v) is 12.1. The lowest BCUT2D eigenvalue weighted by Gasteiger charge is -2.47. The van der Waals surface area contributed by atoms with E-state index in [1.165, 1.54) is 95.1 Å². The minimum atomic E-state index is -0.406. The summed E-state index contributed by atoms with van der Waals surface area (Å²) >= 11 is 0. The minimum Gasteiger partial charge on any atom is -0.112 e. The molecule has 0 aliphatic heterocycles. The van der Waals surface area contributed by atoms with Crippen molar-refractivity contribution in [2.45, 2.75) is 63.7 Å². The number of allylic oxidation sites excluding steroid dienone is 9. The van der Waals surface area contributed by atoms with Crippen LogP contribution in [-0.4, -0.2) is 0 Å². The van der Waals surface area contributed by atoms with Gasteiger partial charge in [-0.2, -0.15) is 0 Å². The van der Waals surface area contributed by atoms with Crippen LogP contribution in [0.4, 0.5) is 0 Å². The summed E-state index contributed by atoms with van der Waals surface area (Å²) in [6.07, 6.45) is 18.3. The van der Waals surface area contributed by atoms with Crippen LogP contribution >= 0.6 is 0 Å². The predicted octanol–water partition coefficient (Wildman–Crippen LogP) is 16.1. The Morgan fingerprint density at radius 2 is 1.24 bits per heavy atom. The third kappa shape index (κ3) is 6.77. The maximum atomic E-state index is 3.78. The molecule has 0 heteroatoms. The lowest BCUT2D eigenvalue weighted by Crippen LogP contribution is -2.39. The van der Waals surface area contributed by atoms with Gasteiger partial charge in [0.1, 0.15) is 0 Å². The SMILES string of the molecule is CCC(C1=CC=C(c2ccc3c(c2)C2=C=CC=C2Cc2ccccc2-c2ccccc2C3)C1(c1ccccc1)C(CC)c1ccc2ccccc2c1)C1C=C(c2ccccc2)CC1. The summed E-state index contributed by atoms with van der Waals surface area (Å²) in [5, 5.41) is 2.59. The van der Waals surface area contributed by atoms with E-state index in [4.69, 9.17) is 0 Å². The van der Waals surface area contributed by atoms with Crippen LogP contribution in [0.2, 0.25) is 0 Å². The molecule has 0 aromatic heterocycles. The largest absolute Gasteiger partial charge is 0.112 e. The molecule has 0 spiro atoms. The molecule has 0 saturated carbocycles. The molecule has 0 radical (unpaired) electrons. The second kappa shape index (κ2) is 16.5. The number of fused-ring (bicyclic) bond motifs is 7. The van der Waals surface area contributed by atoms with Crippen LogP contribution in [0.5, 0.6) is 0 Å². The van der Waals surface area contributed by atoms with Crippen molar-refractivity contribution in [2.75, 3.05) is 0 Å². The van der Waals surface area contributed by atoms with Gasteiger partial charge >= 0.3 is 0 Å². The number of hydrogen-bond donors (Lipinski definition) is 0. The second-order valence-corrected chi connectivity index (χ2v) is 18.1. The summed E-state index contributed by atoms with van der Waals surface area (Å²) in [6.45, 7) is 4.86. The molecule has 0 N–H and O–H groups in total. The lowest BCUT2D eigenvalue weighted by atomic mass is 9.55. The molecule has 0 saturated heterocycles. The Hall–Kier alpha value is -6.72. The van der Waals surface area contributed by atoms with Crippen molar-refractivity contribution in [1.29, 1.82) is 0 Å². The molecule has 0 heterocycles. The molecule has 4 aliphatic carbocycles. The highest BCUT2D eigenvalue weighted by atomic mass is 14.5.